The molecule has 0 radical (unpaired) electrons. The van der Waals surface area contributed by atoms with E-state index in [1.807, 2.05) is 31.2 Å². The van der Waals surface area contributed by atoms with Gasteiger partial charge in [0.1, 0.15) is 5.82 Å². The number of amides is 2. The average Bonchev–Trinajstić information content (AvgIpc) is 2.77. The third kappa shape index (κ3) is 4.52. The monoisotopic (exact) mass is 425 g/mol. The van der Waals surface area contributed by atoms with E-state index >= 15 is 0 Å². The minimum absolute atomic E-state index is 0.0229. The first kappa shape index (κ1) is 20.1. The molecular weight excluding hydrogens is 405 g/mol. The van der Waals surface area contributed by atoms with E-state index < -0.39 is 5.82 Å². The van der Waals surface area contributed by atoms with Crippen LogP contribution in [0.4, 0.5) is 20.7 Å². The molecule has 1 aliphatic heterocycles. The number of nitrogens with one attached hydrogen (secondary N) is 1. The van der Waals surface area contributed by atoms with Crippen LogP contribution in [0.15, 0.2) is 54.6 Å². The number of halogens is 2. The Morgan fingerprint density at radius 2 is 1.73 bits per heavy atom. The molecule has 154 valence electrons. The molecule has 1 saturated heterocycles. The Balaban J connectivity index is 1.34. The topological polar surface area (TPSA) is 61.4 Å². The van der Waals surface area contributed by atoms with Gasteiger partial charge in [-0.2, -0.15) is 0 Å². The maximum absolute atomic E-state index is 13.3. The number of benzene rings is 2. The lowest BCUT2D eigenvalue weighted by Gasteiger charge is -2.35. The van der Waals surface area contributed by atoms with Crippen LogP contribution in [0.1, 0.15) is 5.56 Å². The number of anilines is 2. The third-order valence-electron chi connectivity index (χ3n) is 5.06. The molecule has 0 bridgehead atoms. The van der Waals surface area contributed by atoms with Crippen molar-refractivity contribution in [3.63, 3.8) is 0 Å². The summed E-state index contributed by atoms with van der Waals surface area (Å²) in [7, 11) is 0. The molecule has 4 rings (SSSR count). The molecule has 0 atom stereocenters. The van der Waals surface area contributed by atoms with Crippen LogP contribution < -0.4 is 10.2 Å². The molecule has 1 aromatic heterocycles. The predicted molar refractivity (Wildman–Crippen MR) is 116 cm³/mol. The molecule has 1 fully saturated rings. The number of nitrogens with zero attached hydrogens (tertiary/aromatic N) is 4. The lowest BCUT2D eigenvalue weighted by molar-refractivity contribution is 0.208. The van der Waals surface area contributed by atoms with E-state index in [-0.39, 0.29) is 11.1 Å². The number of carbonyl (C=O) groups is 1. The van der Waals surface area contributed by atoms with Crippen molar-refractivity contribution in [2.24, 2.45) is 0 Å². The fourth-order valence-corrected chi connectivity index (χ4v) is 3.47. The summed E-state index contributed by atoms with van der Waals surface area (Å²) in [5.74, 6) is 0.272. The second-order valence-corrected chi connectivity index (χ2v) is 7.58. The number of carbonyl (C=O) groups excluding carboxylic acids is 1. The normalized spacial score (nSPS) is 14.0. The predicted octanol–water partition coefficient (Wildman–Crippen LogP) is 4.60. The van der Waals surface area contributed by atoms with Crippen molar-refractivity contribution >= 4 is 29.1 Å². The third-order valence-corrected chi connectivity index (χ3v) is 5.35. The van der Waals surface area contributed by atoms with Gasteiger partial charge in [0.2, 0.25) is 0 Å². The van der Waals surface area contributed by atoms with Crippen LogP contribution >= 0.6 is 11.6 Å². The summed E-state index contributed by atoms with van der Waals surface area (Å²) >= 11 is 5.77. The van der Waals surface area contributed by atoms with Crippen molar-refractivity contribution < 1.29 is 9.18 Å². The number of hydrogen-bond donors (Lipinski definition) is 1. The zero-order valence-electron chi connectivity index (χ0n) is 16.5. The van der Waals surface area contributed by atoms with Gasteiger partial charge in [0.15, 0.2) is 5.82 Å². The molecule has 2 heterocycles. The molecule has 0 unspecified atom stereocenters. The summed E-state index contributed by atoms with van der Waals surface area (Å²) < 4.78 is 13.3. The van der Waals surface area contributed by atoms with Gasteiger partial charge in [0.05, 0.1) is 10.7 Å². The minimum Gasteiger partial charge on any atom is -0.352 e. The fraction of sp³-hybridized carbons (Fsp3) is 0.227. The molecule has 0 spiro atoms. The van der Waals surface area contributed by atoms with Crippen LogP contribution in [0.3, 0.4) is 0 Å². The number of rotatable bonds is 3. The van der Waals surface area contributed by atoms with Gasteiger partial charge in [-0.1, -0.05) is 41.4 Å². The summed E-state index contributed by atoms with van der Waals surface area (Å²) in [5.41, 5.74) is 3.52. The smallest absolute Gasteiger partial charge is 0.321 e. The maximum atomic E-state index is 13.3. The highest BCUT2D eigenvalue weighted by Crippen LogP contribution is 2.21. The van der Waals surface area contributed by atoms with Crippen LogP contribution in [0.25, 0.3) is 11.3 Å². The zero-order valence-corrected chi connectivity index (χ0v) is 17.2. The van der Waals surface area contributed by atoms with Gasteiger partial charge in [0.25, 0.3) is 0 Å². The Kier molecular flexibility index (Phi) is 5.81. The van der Waals surface area contributed by atoms with Crippen LogP contribution in [-0.2, 0) is 0 Å². The van der Waals surface area contributed by atoms with E-state index in [2.05, 4.69) is 32.5 Å². The highest BCUT2D eigenvalue weighted by atomic mass is 35.5. The Bertz CT molecular complexity index is 1030. The van der Waals surface area contributed by atoms with Gasteiger partial charge in [-0.25, -0.2) is 9.18 Å². The molecule has 0 aliphatic carbocycles. The van der Waals surface area contributed by atoms with Crippen molar-refractivity contribution in [3.05, 3.63) is 71.0 Å². The highest BCUT2D eigenvalue weighted by Gasteiger charge is 2.22. The molecule has 2 aromatic carbocycles. The van der Waals surface area contributed by atoms with Crippen molar-refractivity contribution in [2.45, 2.75) is 6.92 Å². The Labute approximate surface area is 179 Å². The second kappa shape index (κ2) is 8.67. The van der Waals surface area contributed by atoms with E-state index in [9.17, 15) is 9.18 Å². The number of hydrogen-bond acceptors (Lipinski definition) is 4. The summed E-state index contributed by atoms with van der Waals surface area (Å²) in [5, 5.41) is 11.4. The van der Waals surface area contributed by atoms with Crippen LogP contribution in [0, 0.1) is 12.7 Å². The Morgan fingerprint density at radius 1 is 1.00 bits per heavy atom. The highest BCUT2D eigenvalue weighted by molar-refractivity contribution is 6.31. The quantitative estimate of drug-likeness (QED) is 0.666. The number of urea groups is 1. The summed E-state index contributed by atoms with van der Waals surface area (Å²) in [6, 6.07) is 16.0. The number of aryl methyl sites for hydroxylation is 1. The molecule has 6 nitrogen and oxygen atoms in total. The first-order chi connectivity index (χ1) is 14.5. The van der Waals surface area contributed by atoms with Crippen molar-refractivity contribution in [2.75, 3.05) is 36.4 Å². The lowest BCUT2D eigenvalue weighted by atomic mass is 10.1. The Hall–Kier alpha value is -3.19. The molecule has 3 aromatic rings. The number of piperazine rings is 1. The first-order valence-electron chi connectivity index (χ1n) is 9.66. The van der Waals surface area contributed by atoms with Crippen LogP contribution in [0.5, 0.6) is 0 Å². The van der Waals surface area contributed by atoms with E-state index in [1.165, 1.54) is 23.8 Å². The molecule has 2 amide bonds. The minimum atomic E-state index is -0.516. The van der Waals surface area contributed by atoms with Gasteiger partial charge in [-0.05, 0) is 37.3 Å². The van der Waals surface area contributed by atoms with E-state index in [4.69, 9.17) is 11.6 Å². The number of aromatic nitrogens is 2. The zero-order chi connectivity index (χ0) is 21.1. The largest absolute Gasteiger partial charge is 0.352 e. The van der Waals surface area contributed by atoms with Crippen molar-refractivity contribution in [1.82, 2.24) is 15.1 Å². The van der Waals surface area contributed by atoms with Gasteiger partial charge in [-0.15, -0.1) is 10.2 Å². The maximum Gasteiger partial charge on any atom is 0.321 e. The van der Waals surface area contributed by atoms with Crippen LogP contribution in [0.2, 0.25) is 5.02 Å². The van der Waals surface area contributed by atoms with E-state index in [0.29, 0.717) is 31.9 Å². The van der Waals surface area contributed by atoms with Gasteiger partial charge < -0.3 is 15.1 Å². The van der Waals surface area contributed by atoms with Crippen molar-refractivity contribution in [3.8, 4) is 11.3 Å². The van der Waals surface area contributed by atoms with Crippen molar-refractivity contribution in [1.29, 1.82) is 0 Å². The fourth-order valence-electron chi connectivity index (χ4n) is 3.29. The first-order valence-corrected chi connectivity index (χ1v) is 10.0. The van der Waals surface area contributed by atoms with E-state index in [1.54, 1.807) is 4.90 Å². The summed E-state index contributed by atoms with van der Waals surface area (Å²) in [4.78, 5) is 16.3. The van der Waals surface area contributed by atoms with Crippen LogP contribution in [-0.4, -0.2) is 47.3 Å². The standard InChI is InChI=1S/C22H21ClFN5O/c1-15-2-4-16(5-3-15)20-8-9-21(27-26-20)28-10-12-29(13-11-28)22(30)25-17-6-7-19(24)18(23)14-17/h2-9,14H,10-13H2,1H3,(H,25,30). The lowest BCUT2D eigenvalue weighted by Crippen LogP contribution is -2.50. The second-order valence-electron chi connectivity index (χ2n) is 7.18. The molecule has 1 N–H and O–H groups in total. The SMILES string of the molecule is Cc1ccc(-c2ccc(N3CCN(C(=O)Nc4ccc(F)c(Cl)c4)CC3)nn2)cc1. The average molecular weight is 426 g/mol. The molecule has 1 aliphatic rings. The molecule has 8 heteroatoms. The molecular formula is C22H21ClFN5O. The summed E-state index contributed by atoms with van der Waals surface area (Å²) in [6.07, 6.45) is 0. The van der Waals surface area contributed by atoms with Gasteiger partial charge in [0, 0.05) is 37.4 Å². The summed E-state index contributed by atoms with van der Waals surface area (Å²) in [6.45, 7) is 4.43. The van der Waals surface area contributed by atoms with Gasteiger partial charge >= 0.3 is 6.03 Å². The molecule has 0 saturated carbocycles. The van der Waals surface area contributed by atoms with E-state index in [0.717, 1.165) is 17.1 Å². The van der Waals surface area contributed by atoms with Gasteiger partial charge in [-0.3, -0.25) is 0 Å². The Morgan fingerprint density at radius 3 is 2.37 bits per heavy atom. The molecule has 30 heavy (non-hydrogen) atoms.